The molecule has 0 saturated carbocycles. The van der Waals surface area contributed by atoms with Gasteiger partial charge in [0.15, 0.2) is 5.96 Å². The minimum Gasteiger partial charge on any atom is -0.497 e. The predicted molar refractivity (Wildman–Crippen MR) is 104 cm³/mol. The van der Waals surface area contributed by atoms with Crippen molar-refractivity contribution >= 4 is 5.96 Å². The lowest BCUT2D eigenvalue weighted by Crippen LogP contribution is -2.36. The number of ether oxygens (including phenoxy) is 3. The Morgan fingerprint density at radius 1 is 0.964 bits per heavy atom. The first-order valence-electron chi connectivity index (χ1n) is 8.66. The van der Waals surface area contributed by atoms with Crippen molar-refractivity contribution in [3.63, 3.8) is 0 Å². The van der Waals surface area contributed by atoms with E-state index in [1.54, 1.807) is 26.3 Å². The van der Waals surface area contributed by atoms with Gasteiger partial charge in [-0.3, -0.25) is 4.99 Å². The molecule has 8 heteroatoms. The van der Waals surface area contributed by atoms with E-state index in [2.05, 4.69) is 20.4 Å². The molecule has 0 heterocycles. The van der Waals surface area contributed by atoms with E-state index in [9.17, 15) is 8.78 Å². The van der Waals surface area contributed by atoms with Crippen molar-refractivity contribution in [2.75, 3.05) is 21.3 Å². The second-order valence-corrected chi connectivity index (χ2v) is 5.95. The van der Waals surface area contributed by atoms with Crippen LogP contribution in [0.3, 0.4) is 0 Å². The first kappa shape index (κ1) is 21.3. The average molecular weight is 393 g/mol. The van der Waals surface area contributed by atoms with Crippen LogP contribution in [0, 0.1) is 6.92 Å². The Morgan fingerprint density at radius 3 is 2.18 bits per heavy atom. The van der Waals surface area contributed by atoms with Crippen molar-refractivity contribution in [3.05, 3.63) is 53.1 Å². The third kappa shape index (κ3) is 6.00. The van der Waals surface area contributed by atoms with E-state index in [1.807, 2.05) is 25.1 Å². The number of nitrogens with zero attached hydrogens (tertiary/aromatic N) is 1. The Kier molecular flexibility index (Phi) is 7.86. The molecule has 0 aromatic heterocycles. The van der Waals surface area contributed by atoms with Crippen LogP contribution in [0.2, 0.25) is 0 Å². The highest BCUT2D eigenvalue weighted by Gasteiger charge is 2.12. The molecule has 0 aliphatic rings. The molecule has 0 atom stereocenters. The van der Waals surface area contributed by atoms with Crippen molar-refractivity contribution in [1.82, 2.24) is 10.6 Å². The molecule has 0 aliphatic heterocycles. The summed E-state index contributed by atoms with van der Waals surface area (Å²) in [6.45, 7) is -0.186. The zero-order valence-electron chi connectivity index (χ0n) is 16.4. The number of aryl methyl sites for hydroxylation is 1. The van der Waals surface area contributed by atoms with Crippen molar-refractivity contribution in [2.45, 2.75) is 26.6 Å². The lowest BCUT2D eigenvalue weighted by atomic mass is 10.1. The van der Waals surface area contributed by atoms with Gasteiger partial charge in [-0.25, -0.2) is 0 Å². The summed E-state index contributed by atoms with van der Waals surface area (Å²) in [6.07, 6.45) is 0. The molecule has 0 fully saturated rings. The average Bonchev–Trinajstić information content (AvgIpc) is 2.69. The van der Waals surface area contributed by atoms with Gasteiger partial charge in [-0.15, -0.1) is 0 Å². The fourth-order valence-electron chi connectivity index (χ4n) is 2.59. The van der Waals surface area contributed by atoms with Gasteiger partial charge in [0.25, 0.3) is 0 Å². The first-order chi connectivity index (χ1) is 13.5. The molecule has 0 spiro atoms. The number of guanidine groups is 1. The van der Waals surface area contributed by atoms with E-state index in [0.29, 0.717) is 23.8 Å². The van der Waals surface area contributed by atoms with Gasteiger partial charge < -0.3 is 24.8 Å². The Morgan fingerprint density at radius 2 is 1.61 bits per heavy atom. The number of hydrogen-bond acceptors (Lipinski definition) is 4. The summed E-state index contributed by atoms with van der Waals surface area (Å²) < 4.78 is 40.4. The molecular weight excluding hydrogens is 368 g/mol. The Hall–Kier alpha value is -3.03. The second-order valence-electron chi connectivity index (χ2n) is 5.95. The molecule has 28 heavy (non-hydrogen) atoms. The zero-order valence-corrected chi connectivity index (χ0v) is 16.4. The van der Waals surface area contributed by atoms with Gasteiger partial charge in [0, 0.05) is 37.3 Å². The summed E-state index contributed by atoms with van der Waals surface area (Å²) in [5.41, 5.74) is 2.63. The lowest BCUT2D eigenvalue weighted by molar-refractivity contribution is -0.0505. The molecule has 0 saturated heterocycles. The van der Waals surface area contributed by atoms with Crippen LogP contribution >= 0.6 is 0 Å². The number of halogens is 2. The number of methoxy groups -OCH3 is 2. The Labute approximate surface area is 163 Å². The molecule has 2 rings (SSSR count). The Bertz CT molecular complexity index is 813. The van der Waals surface area contributed by atoms with Crippen LogP contribution in [-0.2, 0) is 13.1 Å². The highest BCUT2D eigenvalue weighted by Crippen LogP contribution is 2.26. The SMILES string of the molecule is CN=C(NCc1ccc(C)cc1OC)NCc1ccc(OC)cc1OC(F)F. The number of rotatable bonds is 8. The zero-order chi connectivity index (χ0) is 20.5. The molecule has 152 valence electrons. The van der Waals surface area contributed by atoms with E-state index in [4.69, 9.17) is 9.47 Å². The number of benzene rings is 2. The summed E-state index contributed by atoms with van der Waals surface area (Å²) in [7, 11) is 4.72. The monoisotopic (exact) mass is 393 g/mol. The number of nitrogens with one attached hydrogen (secondary N) is 2. The van der Waals surface area contributed by atoms with Gasteiger partial charge in [0.05, 0.1) is 14.2 Å². The van der Waals surface area contributed by atoms with Gasteiger partial charge in [0.1, 0.15) is 17.2 Å². The van der Waals surface area contributed by atoms with Crippen molar-refractivity contribution in [3.8, 4) is 17.2 Å². The highest BCUT2D eigenvalue weighted by atomic mass is 19.3. The standard InChI is InChI=1S/C20H25F2N3O3/c1-13-5-6-14(17(9-13)27-4)11-24-20(23-2)25-12-15-7-8-16(26-3)10-18(15)28-19(21)22/h5-10,19H,11-12H2,1-4H3,(H2,23,24,25). The molecule has 0 unspecified atom stereocenters. The maximum absolute atomic E-state index is 12.7. The van der Waals surface area contributed by atoms with Crippen molar-refractivity contribution < 1.29 is 23.0 Å². The number of alkyl halides is 2. The molecular formula is C20H25F2N3O3. The molecule has 0 aliphatic carbocycles. The molecule has 2 aromatic rings. The summed E-state index contributed by atoms with van der Waals surface area (Å²) >= 11 is 0. The van der Waals surface area contributed by atoms with Gasteiger partial charge in [0.2, 0.25) is 0 Å². The van der Waals surface area contributed by atoms with Crippen LogP contribution in [-0.4, -0.2) is 33.8 Å². The normalized spacial score (nSPS) is 11.3. The van der Waals surface area contributed by atoms with Crippen LogP contribution in [0.25, 0.3) is 0 Å². The highest BCUT2D eigenvalue weighted by molar-refractivity contribution is 5.79. The molecule has 2 N–H and O–H groups in total. The molecule has 6 nitrogen and oxygen atoms in total. The van der Waals surface area contributed by atoms with Crippen molar-refractivity contribution in [1.29, 1.82) is 0 Å². The van der Waals surface area contributed by atoms with Crippen LogP contribution in [0.4, 0.5) is 8.78 Å². The van der Waals surface area contributed by atoms with Crippen LogP contribution in [0.5, 0.6) is 17.2 Å². The van der Waals surface area contributed by atoms with Crippen LogP contribution in [0.1, 0.15) is 16.7 Å². The van der Waals surface area contributed by atoms with Crippen molar-refractivity contribution in [2.24, 2.45) is 4.99 Å². The van der Waals surface area contributed by atoms with Gasteiger partial charge >= 0.3 is 6.61 Å². The van der Waals surface area contributed by atoms with E-state index in [0.717, 1.165) is 16.9 Å². The van der Waals surface area contributed by atoms with E-state index in [-0.39, 0.29) is 12.3 Å². The van der Waals surface area contributed by atoms with Crippen LogP contribution in [0.15, 0.2) is 41.4 Å². The summed E-state index contributed by atoms with van der Waals surface area (Å²) in [4.78, 5) is 4.16. The summed E-state index contributed by atoms with van der Waals surface area (Å²) in [5, 5.41) is 6.27. The number of hydrogen-bond donors (Lipinski definition) is 2. The van der Waals surface area contributed by atoms with Gasteiger partial charge in [-0.05, 0) is 30.7 Å². The fraction of sp³-hybridized carbons (Fsp3) is 0.350. The molecule has 2 aromatic carbocycles. The third-order valence-corrected chi connectivity index (χ3v) is 4.05. The topological polar surface area (TPSA) is 64.1 Å². The van der Waals surface area contributed by atoms with E-state index in [1.165, 1.54) is 13.2 Å². The van der Waals surface area contributed by atoms with Gasteiger partial charge in [-0.1, -0.05) is 12.1 Å². The molecule has 0 radical (unpaired) electrons. The van der Waals surface area contributed by atoms with E-state index < -0.39 is 6.61 Å². The molecule has 0 bridgehead atoms. The Balaban J connectivity index is 2.02. The summed E-state index contributed by atoms with van der Waals surface area (Å²) in [5.74, 6) is 1.79. The van der Waals surface area contributed by atoms with Gasteiger partial charge in [-0.2, -0.15) is 8.78 Å². The van der Waals surface area contributed by atoms with E-state index >= 15 is 0 Å². The lowest BCUT2D eigenvalue weighted by Gasteiger charge is -2.16. The second kappa shape index (κ2) is 10.3. The predicted octanol–water partition coefficient (Wildman–Crippen LogP) is 3.48. The summed E-state index contributed by atoms with van der Waals surface area (Å²) in [6, 6.07) is 10.7. The largest absolute Gasteiger partial charge is 0.497 e. The quantitative estimate of drug-likeness (QED) is 0.531. The smallest absolute Gasteiger partial charge is 0.387 e. The maximum Gasteiger partial charge on any atom is 0.387 e. The minimum absolute atomic E-state index is 0.0532. The molecule has 0 amide bonds. The maximum atomic E-state index is 12.7. The number of aliphatic imine (C=N–C) groups is 1. The third-order valence-electron chi connectivity index (χ3n) is 4.05. The first-order valence-corrected chi connectivity index (χ1v) is 8.66. The fourth-order valence-corrected chi connectivity index (χ4v) is 2.59. The minimum atomic E-state index is -2.92. The van der Waals surface area contributed by atoms with Crippen LogP contribution < -0.4 is 24.8 Å².